The molecule has 0 unspecified atom stereocenters. The fourth-order valence-electron chi connectivity index (χ4n) is 2.95. The Morgan fingerprint density at radius 1 is 1.11 bits per heavy atom. The number of aromatic nitrogens is 2. The Bertz CT molecular complexity index is 884. The van der Waals surface area contributed by atoms with Crippen LogP contribution >= 0.6 is 0 Å². The number of anilines is 1. The van der Waals surface area contributed by atoms with Crippen LogP contribution in [-0.4, -0.2) is 21.8 Å². The Morgan fingerprint density at radius 2 is 1.81 bits per heavy atom. The lowest BCUT2D eigenvalue weighted by Crippen LogP contribution is -2.15. The SMILES string of the molecule is CCc1c(C(=O)Nc2ccc(OC(C)C)cc2)cnn1Cc1ccccc1. The minimum Gasteiger partial charge on any atom is -0.491 e. The van der Waals surface area contributed by atoms with Crippen molar-refractivity contribution in [2.45, 2.75) is 39.8 Å². The van der Waals surface area contributed by atoms with Gasteiger partial charge in [-0.15, -0.1) is 0 Å². The molecule has 3 rings (SSSR count). The molecule has 140 valence electrons. The molecule has 27 heavy (non-hydrogen) atoms. The van der Waals surface area contributed by atoms with Crippen LogP contribution < -0.4 is 10.1 Å². The molecule has 0 atom stereocenters. The maximum atomic E-state index is 12.7. The summed E-state index contributed by atoms with van der Waals surface area (Å²) in [6.45, 7) is 6.65. The first kappa shape index (κ1) is 18.7. The van der Waals surface area contributed by atoms with Crippen LogP contribution in [0.15, 0.2) is 60.8 Å². The monoisotopic (exact) mass is 363 g/mol. The number of hydrogen-bond donors (Lipinski definition) is 1. The fourth-order valence-corrected chi connectivity index (χ4v) is 2.95. The second kappa shape index (κ2) is 8.54. The van der Waals surface area contributed by atoms with Crippen molar-refractivity contribution in [1.82, 2.24) is 9.78 Å². The van der Waals surface area contributed by atoms with E-state index in [2.05, 4.69) is 22.5 Å². The van der Waals surface area contributed by atoms with E-state index in [1.165, 1.54) is 0 Å². The normalized spacial score (nSPS) is 10.8. The van der Waals surface area contributed by atoms with Crippen molar-refractivity contribution >= 4 is 11.6 Å². The van der Waals surface area contributed by atoms with E-state index in [0.717, 1.165) is 29.1 Å². The minimum atomic E-state index is -0.149. The van der Waals surface area contributed by atoms with E-state index in [1.54, 1.807) is 6.20 Å². The van der Waals surface area contributed by atoms with E-state index in [4.69, 9.17) is 4.74 Å². The van der Waals surface area contributed by atoms with Crippen molar-refractivity contribution < 1.29 is 9.53 Å². The molecule has 1 heterocycles. The van der Waals surface area contributed by atoms with Crippen LogP contribution in [0.25, 0.3) is 0 Å². The minimum absolute atomic E-state index is 0.119. The highest BCUT2D eigenvalue weighted by molar-refractivity contribution is 6.05. The number of carbonyl (C=O) groups excluding carboxylic acids is 1. The Hall–Kier alpha value is -3.08. The second-order valence-corrected chi connectivity index (χ2v) is 6.65. The van der Waals surface area contributed by atoms with Crippen LogP contribution in [-0.2, 0) is 13.0 Å². The Kier molecular flexibility index (Phi) is 5.91. The molecular formula is C22H25N3O2. The number of amides is 1. The van der Waals surface area contributed by atoms with E-state index in [0.29, 0.717) is 12.1 Å². The molecule has 0 aliphatic heterocycles. The molecule has 0 fully saturated rings. The number of benzene rings is 2. The maximum absolute atomic E-state index is 12.7. The number of nitrogens with one attached hydrogen (secondary N) is 1. The van der Waals surface area contributed by atoms with E-state index in [9.17, 15) is 4.79 Å². The highest BCUT2D eigenvalue weighted by Crippen LogP contribution is 2.19. The quantitative estimate of drug-likeness (QED) is 0.671. The van der Waals surface area contributed by atoms with Crippen LogP contribution in [0.3, 0.4) is 0 Å². The first-order chi connectivity index (χ1) is 13.1. The van der Waals surface area contributed by atoms with Crippen LogP contribution in [0.4, 0.5) is 5.69 Å². The summed E-state index contributed by atoms with van der Waals surface area (Å²) >= 11 is 0. The third kappa shape index (κ3) is 4.76. The molecule has 0 aliphatic carbocycles. The first-order valence-electron chi connectivity index (χ1n) is 9.23. The summed E-state index contributed by atoms with van der Waals surface area (Å²) in [5.74, 6) is 0.636. The Labute approximate surface area is 160 Å². The third-order valence-electron chi connectivity index (χ3n) is 4.19. The zero-order valence-electron chi connectivity index (χ0n) is 16.0. The summed E-state index contributed by atoms with van der Waals surface area (Å²) in [4.78, 5) is 12.7. The summed E-state index contributed by atoms with van der Waals surface area (Å²) in [6, 6.07) is 17.5. The summed E-state index contributed by atoms with van der Waals surface area (Å²) in [5.41, 5.74) is 3.42. The van der Waals surface area contributed by atoms with Crippen LogP contribution in [0.5, 0.6) is 5.75 Å². The van der Waals surface area contributed by atoms with Crippen molar-refractivity contribution in [2.24, 2.45) is 0 Å². The van der Waals surface area contributed by atoms with Crippen molar-refractivity contribution in [1.29, 1.82) is 0 Å². The molecule has 5 nitrogen and oxygen atoms in total. The largest absolute Gasteiger partial charge is 0.491 e. The lowest BCUT2D eigenvalue weighted by molar-refractivity contribution is 0.102. The third-order valence-corrected chi connectivity index (χ3v) is 4.19. The van der Waals surface area contributed by atoms with Gasteiger partial charge < -0.3 is 10.1 Å². The molecule has 1 amide bonds. The molecule has 0 spiro atoms. The second-order valence-electron chi connectivity index (χ2n) is 6.65. The molecule has 0 saturated heterocycles. The molecule has 2 aromatic carbocycles. The zero-order chi connectivity index (χ0) is 19.2. The van der Waals surface area contributed by atoms with Crippen LogP contribution in [0.1, 0.15) is 42.4 Å². The average Bonchev–Trinajstić information content (AvgIpc) is 3.06. The number of ether oxygens (including phenoxy) is 1. The van der Waals surface area contributed by atoms with E-state index >= 15 is 0 Å². The highest BCUT2D eigenvalue weighted by Gasteiger charge is 2.16. The Morgan fingerprint density at radius 3 is 2.44 bits per heavy atom. The van der Waals surface area contributed by atoms with Gasteiger partial charge in [0.25, 0.3) is 5.91 Å². The number of carbonyl (C=O) groups is 1. The van der Waals surface area contributed by atoms with Crippen LogP contribution in [0.2, 0.25) is 0 Å². The van der Waals surface area contributed by atoms with Crippen molar-refractivity contribution in [3.63, 3.8) is 0 Å². The van der Waals surface area contributed by atoms with Crippen molar-refractivity contribution in [3.8, 4) is 5.75 Å². The molecule has 1 aromatic heterocycles. The summed E-state index contributed by atoms with van der Waals surface area (Å²) in [6.07, 6.45) is 2.50. The predicted octanol–water partition coefficient (Wildman–Crippen LogP) is 4.53. The number of rotatable bonds is 7. The smallest absolute Gasteiger partial charge is 0.259 e. The van der Waals surface area contributed by atoms with Crippen LogP contribution in [0, 0.1) is 0 Å². The van der Waals surface area contributed by atoms with Gasteiger partial charge in [0, 0.05) is 5.69 Å². The van der Waals surface area contributed by atoms with Gasteiger partial charge in [0.2, 0.25) is 0 Å². The lowest BCUT2D eigenvalue weighted by atomic mass is 10.1. The van der Waals surface area contributed by atoms with Gasteiger partial charge in [0.15, 0.2) is 0 Å². The topological polar surface area (TPSA) is 56.1 Å². The van der Waals surface area contributed by atoms with Crippen molar-refractivity contribution in [3.05, 3.63) is 77.6 Å². The summed E-state index contributed by atoms with van der Waals surface area (Å²) in [5, 5.41) is 7.37. The fraction of sp³-hybridized carbons (Fsp3) is 0.273. The molecule has 0 aliphatic rings. The van der Waals surface area contributed by atoms with E-state index in [1.807, 2.05) is 67.9 Å². The van der Waals surface area contributed by atoms with E-state index in [-0.39, 0.29) is 12.0 Å². The predicted molar refractivity (Wildman–Crippen MR) is 107 cm³/mol. The summed E-state index contributed by atoms with van der Waals surface area (Å²) in [7, 11) is 0. The molecule has 0 bridgehead atoms. The molecular weight excluding hydrogens is 338 g/mol. The molecule has 0 radical (unpaired) electrons. The maximum Gasteiger partial charge on any atom is 0.259 e. The van der Waals surface area contributed by atoms with Gasteiger partial charge in [-0.25, -0.2) is 0 Å². The van der Waals surface area contributed by atoms with Gasteiger partial charge in [-0.3, -0.25) is 9.48 Å². The molecule has 1 N–H and O–H groups in total. The molecule has 3 aromatic rings. The first-order valence-corrected chi connectivity index (χ1v) is 9.23. The van der Waals surface area contributed by atoms with Gasteiger partial charge in [0.1, 0.15) is 5.75 Å². The number of nitrogens with zero attached hydrogens (tertiary/aromatic N) is 2. The molecule has 0 saturated carbocycles. The van der Waals surface area contributed by atoms with Gasteiger partial charge in [-0.2, -0.15) is 5.10 Å². The Balaban J connectivity index is 1.73. The van der Waals surface area contributed by atoms with Gasteiger partial charge in [0.05, 0.1) is 30.1 Å². The van der Waals surface area contributed by atoms with Gasteiger partial charge in [-0.05, 0) is 50.1 Å². The summed E-state index contributed by atoms with van der Waals surface area (Å²) < 4.78 is 7.52. The zero-order valence-corrected chi connectivity index (χ0v) is 16.0. The van der Waals surface area contributed by atoms with Gasteiger partial charge >= 0.3 is 0 Å². The van der Waals surface area contributed by atoms with E-state index < -0.39 is 0 Å². The number of hydrogen-bond acceptors (Lipinski definition) is 3. The average molecular weight is 363 g/mol. The molecule has 5 heteroatoms. The lowest BCUT2D eigenvalue weighted by Gasteiger charge is -2.11. The van der Waals surface area contributed by atoms with Crippen molar-refractivity contribution in [2.75, 3.05) is 5.32 Å². The van der Waals surface area contributed by atoms with Gasteiger partial charge in [-0.1, -0.05) is 37.3 Å². The standard InChI is InChI=1S/C22H25N3O2/c1-4-21-20(14-23-25(21)15-17-8-6-5-7-9-17)22(26)24-18-10-12-19(13-11-18)27-16(2)3/h5-14,16H,4,15H2,1-3H3,(H,24,26). The highest BCUT2D eigenvalue weighted by atomic mass is 16.5.